The molecule has 0 saturated carbocycles. The van der Waals surface area contributed by atoms with Crippen LogP contribution in [0, 0.1) is 10.1 Å². The molecule has 1 unspecified atom stereocenters. The minimum Gasteiger partial charge on any atom is -0.497 e. The fourth-order valence-electron chi connectivity index (χ4n) is 3.32. The first-order valence-electron chi connectivity index (χ1n) is 9.53. The topological polar surface area (TPSA) is 94.3 Å². The highest BCUT2D eigenvalue weighted by atomic mass is 16.6. The van der Waals surface area contributed by atoms with Crippen LogP contribution in [0.5, 0.6) is 5.75 Å². The largest absolute Gasteiger partial charge is 0.497 e. The lowest BCUT2D eigenvalue weighted by molar-refractivity contribution is -0.384. The van der Waals surface area contributed by atoms with Crippen LogP contribution in [0.1, 0.15) is 37.4 Å². The van der Waals surface area contributed by atoms with Gasteiger partial charge in [0.25, 0.3) is 5.69 Å². The third-order valence-electron chi connectivity index (χ3n) is 4.78. The first-order valence-corrected chi connectivity index (χ1v) is 9.53. The van der Waals surface area contributed by atoms with Crippen molar-refractivity contribution in [3.8, 4) is 5.75 Å². The maximum Gasteiger partial charge on any atom is 0.332 e. The van der Waals surface area contributed by atoms with Gasteiger partial charge in [-0.3, -0.25) is 15.1 Å². The molecular formula is C22H23N3O5. The van der Waals surface area contributed by atoms with Crippen LogP contribution in [0.4, 0.5) is 5.69 Å². The number of nitro benzene ring substituents is 1. The fourth-order valence-corrected chi connectivity index (χ4v) is 3.32. The zero-order valence-corrected chi connectivity index (χ0v) is 17.1. The Kier molecular flexibility index (Phi) is 6.46. The minimum atomic E-state index is -0.442. The molecule has 0 aliphatic carbocycles. The molecule has 0 N–H and O–H groups in total. The molecule has 8 heteroatoms. The smallest absolute Gasteiger partial charge is 0.332 e. The maximum absolute atomic E-state index is 11.9. The number of nitrogens with zero attached hydrogens (tertiary/aromatic N) is 3. The first kappa shape index (κ1) is 21.0. The minimum absolute atomic E-state index is 0.00781. The highest BCUT2D eigenvalue weighted by Crippen LogP contribution is 2.36. The Balaban J connectivity index is 1.98. The number of hydrogen-bond donors (Lipinski definition) is 0. The van der Waals surface area contributed by atoms with Crippen LogP contribution in [0.25, 0.3) is 0 Å². The second-order valence-electron chi connectivity index (χ2n) is 6.73. The number of benzene rings is 2. The zero-order chi connectivity index (χ0) is 21.7. The van der Waals surface area contributed by atoms with Gasteiger partial charge in [-0.25, -0.2) is 4.79 Å². The second-order valence-corrected chi connectivity index (χ2v) is 6.73. The van der Waals surface area contributed by atoms with Gasteiger partial charge in [-0.1, -0.05) is 24.3 Å². The number of carbonyl (C=O) groups excluding carboxylic acids is 1. The molecule has 8 nitrogen and oxygen atoms in total. The Morgan fingerprint density at radius 3 is 2.67 bits per heavy atom. The number of nitro groups is 1. The number of methoxy groups -OCH3 is 1. The molecule has 1 aliphatic rings. The van der Waals surface area contributed by atoms with E-state index in [1.807, 2.05) is 24.3 Å². The van der Waals surface area contributed by atoms with Gasteiger partial charge in [0.05, 0.1) is 30.4 Å². The number of rotatable bonds is 7. The first-order chi connectivity index (χ1) is 14.4. The summed E-state index contributed by atoms with van der Waals surface area (Å²) in [7, 11) is 1.60. The van der Waals surface area contributed by atoms with Crippen molar-refractivity contribution in [2.75, 3.05) is 13.7 Å². The van der Waals surface area contributed by atoms with Gasteiger partial charge in [-0.15, -0.1) is 0 Å². The predicted molar refractivity (Wildman–Crippen MR) is 112 cm³/mol. The van der Waals surface area contributed by atoms with Crippen LogP contribution >= 0.6 is 0 Å². The van der Waals surface area contributed by atoms with E-state index < -0.39 is 10.9 Å². The Morgan fingerprint density at radius 1 is 1.30 bits per heavy atom. The van der Waals surface area contributed by atoms with Crippen LogP contribution in [-0.4, -0.2) is 35.3 Å². The lowest BCUT2D eigenvalue weighted by Gasteiger charge is -2.24. The molecule has 0 bridgehead atoms. The van der Waals surface area contributed by atoms with Crippen molar-refractivity contribution < 1.29 is 19.2 Å². The van der Waals surface area contributed by atoms with Gasteiger partial charge in [0.2, 0.25) is 0 Å². The lowest BCUT2D eigenvalue weighted by atomic mass is 9.98. The van der Waals surface area contributed by atoms with E-state index in [0.717, 1.165) is 11.3 Å². The molecule has 0 fully saturated rings. The van der Waals surface area contributed by atoms with Crippen LogP contribution in [0.3, 0.4) is 0 Å². The monoisotopic (exact) mass is 409 g/mol. The number of esters is 1. The summed E-state index contributed by atoms with van der Waals surface area (Å²) in [6, 6.07) is 13.8. The average Bonchev–Trinajstić information content (AvgIpc) is 3.20. The van der Waals surface area contributed by atoms with Crippen molar-refractivity contribution in [2.24, 2.45) is 5.10 Å². The van der Waals surface area contributed by atoms with E-state index in [4.69, 9.17) is 14.6 Å². The second kappa shape index (κ2) is 9.21. The van der Waals surface area contributed by atoms with Crippen molar-refractivity contribution in [1.82, 2.24) is 5.01 Å². The Morgan fingerprint density at radius 2 is 2.03 bits per heavy atom. The summed E-state index contributed by atoms with van der Waals surface area (Å²) in [5.41, 5.74) is 2.99. The number of hydrogen-bond acceptors (Lipinski definition) is 7. The number of allylic oxidation sites excluding steroid dienone is 1. The van der Waals surface area contributed by atoms with E-state index in [0.29, 0.717) is 23.4 Å². The number of ether oxygens (including phenoxy) is 2. The van der Waals surface area contributed by atoms with Gasteiger partial charge in [-0.2, -0.15) is 5.10 Å². The standard InChI is InChI=1S/C22H23N3O5/c1-4-30-22(26)12-15(2)24-21(16-8-10-19(29-3)11-9-16)14-20(23-24)17-6-5-7-18(13-17)25(27)28/h5-13,21H,4,14H2,1-3H3. The van der Waals surface area contributed by atoms with Crippen molar-refractivity contribution in [3.05, 3.63) is 81.5 Å². The molecule has 3 rings (SSSR count). The molecular weight excluding hydrogens is 386 g/mol. The summed E-state index contributed by atoms with van der Waals surface area (Å²) < 4.78 is 10.2. The SMILES string of the molecule is CCOC(=O)C=C(C)N1N=C(c2cccc([N+](=O)[O-])c2)CC1c1ccc(OC)cc1. The van der Waals surface area contributed by atoms with Gasteiger partial charge < -0.3 is 9.47 Å². The van der Waals surface area contributed by atoms with E-state index in [-0.39, 0.29) is 18.3 Å². The van der Waals surface area contributed by atoms with E-state index in [2.05, 4.69) is 0 Å². The summed E-state index contributed by atoms with van der Waals surface area (Å²) in [4.78, 5) is 22.7. The molecule has 0 spiro atoms. The third kappa shape index (κ3) is 4.65. The van der Waals surface area contributed by atoms with Crippen molar-refractivity contribution in [2.45, 2.75) is 26.3 Å². The molecule has 2 aromatic rings. The molecule has 1 aliphatic heterocycles. The number of hydrazone groups is 1. The highest BCUT2D eigenvalue weighted by molar-refractivity contribution is 6.02. The van der Waals surface area contributed by atoms with Gasteiger partial charge in [-0.05, 0) is 31.5 Å². The molecule has 0 saturated heterocycles. The predicted octanol–water partition coefficient (Wildman–Crippen LogP) is 4.22. The van der Waals surface area contributed by atoms with Crippen LogP contribution in [0.2, 0.25) is 0 Å². The summed E-state index contributed by atoms with van der Waals surface area (Å²) >= 11 is 0. The molecule has 30 heavy (non-hydrogen) atoms. The van der Waals surface area contributed by atoms with E-state index >= 15 is 0 Å². The number of carbonyl (C=O) groups is 1. The van der Waals surface area contributed by atoms with Crippen molar-refractivity contribution in [3.63, 3.8) is 0 Å². The summed E-state index contributed by atoms with van der Waals surface area (Å²) in [6.07, 6.45) is 1.93. The molecule has 156 valence electrons. The summed E-state index contributed by atoms with van der Waals surface area (Å²) in [5, 5.41) is 17.6. The van der Waals surface area contributed by atoms with Crippen molar-refractivity contribution in [1.29, 1.82) is 0 Å². The quantitative estimate of drug-likeness (QED) is 0.294. The molecule has 2 aromatic carbocycles. The van der Waals surface area contributed by atoms with E-state index in [1.165, 1.54) is 18.2 Å². The number of non-ortho nitro benzene ring substituents is 1. The van der Waals surface area contributed by atoms with E-state index in [9.17, 15) is 14.9 Å². The average molecular weight is 409 g/mol. The Hall–Kier alpha value is -3.68. The third-order valence-corrected chi connectivity index (χ3v) is 4.78. The van der Waals surface area contributed by atoms with E-state index in [1.54, 1.807) is 38.1 Å². The normalized spacial score (nSPS) is 16.2. The summed E-state index contributed by atoms with van der Waals surface area (Å²) in [5.74, 6) is 0.296. The van der Waals surface area contributed by atoms with Crippen LogP contribution in [0.15, 0.2) is 65.4 Å². The lowest BCUT2D eigenvalue weighted by Crippen LogP contribution is -2.18. The van der Waals surface area contributed by atoms with Gasteiger partial charge in [0.1, 0.15) is 5.75 Å². The molecule has 1 heterocycles. The molecule has 0 radical (unpaired) electrons. The molecule has 1 atom stereocenters. The zero-order valence-electron chi connectivity index (χ0n) is 17.1. The highest BCUT2D eigenvalue weighted by Gasteiger charge is 2.30. The summed E-state index contributed by atoms with van der Waals surface area (Å²) in [6.45, 7) is 3.82. The fraction of sp³-hybridized carbons (Fsp3) is 0.273. The van der Waals surface area contributed by atoms with Crippen molar-refractivity contribution >= 4 is 17.4 Å². The van der Waals surface area contributed by atoms with Crippen LogP contribution in [-0.2, 0) is 9.53 Å². The molecule has 0 amide bonds. The van der Waals surface area contributed by atoms with Crippen LogP contribution < -0.4 is 4.74 Å². The van der Waals surface area contributed by atoms with Gasteiger partial charge in [0, 0.05) is 35.9 Å². The Bertz CT molecular complexity index is 998. The molecule has 0 aromatic heterocycles. The maximum atomic E-state index is 11.9. The van der Waals surface area contributed by atoms with Gasteiger partial charge >= 0.3 is 5.97 Å². The van der Waals surface area contributed by atoms with Gasteiger partial charge in [0.15, 0.2) is 0 Å². The Labute approximate surface area is 174 Å².